The highest BCUT2D eigenvalue weighted by atomic mass is 16.3. The minimum Gasteiger partial charge on any atom is -0.460 e. The van der Waals surface area contributed by atoms with E-state index in [0.29, 0.717) is 11.8 Å². The normalized spacial score (nSPS) is 24.7. The Morgan fingerprint density at radius 2 is 2.20 bits per heavy atom. The molecule has 1 aliphatic carbocycles. The topological polar surface area (TPSA) is 39.2 Å². The zero-order valence-electron chi connectivity index (χ0n) is 8.86. The summed E-state index contributed by atoms with van der Waals surface area (Å²) in [6.07, 6.45) is 1.19. The molecule has 15 heavy (non-hydrogen) atoms. The third-order valence-corrected chi connectivity index (χ3v) is 3.44. The Bertz CT molecular complexity index is 500. The fourth-order valence-corrected chi connectivity index (χ4v) is 2.38. The Balaban J connectivity index is 2.09. The van der Waals surface area contributed by atoms with Crippen LogP contribution in [0.25, 0.3) is 11.0 Å². The van der Waals surface area contributed by atoms with Crippen LogP contribution in [-0.2, 0) is 0 Å². The molecule has 1 aliphatic rings. The average molecular weight is 201 g/mol. The Morgan fingerprint density at radius 1 is 1.40 bits per heavy atom. The van der Waals surface area contributed by atoms with E-state index in [0.717, 1.165) is 17.9 Å². The van der Waals surface area contributed by atoms with Gasteiger partial charge in [-0.1, -0.05) is 18.2 Å². The van der Waals surface area contributed by atoms with Crippen molar-refractivity contribution in [3.63, 3.8) is 0 Å². The maximum atomic E-state index is 5.90. The lowest BCUT2D eigenvalue weighted by molar-refractivity contribution is 0.537. The van der Waals surface area contributed by atoms with Crippen LogP contribution in [0.3, 0.4) is 0 Å². The van der Waals surface area contributed by atoms with Gasteiger partial charge in [-0.15, -0.1) is 0 Å². The van der Waals surface area contributed by atoms with Gasteiger partial charge in [0, 0.05) is 11.3 Å². The van der Waals surface area contributed by atoms with Crippen molar-refractivity contribution in [1.82, 2.24) is 0 Å². The summed E-state index contributed by atoms with van der Waals surface area (Å²) in [5, 5.41) is 1.25. The summed E-state index contributed by atoms with van der Waals surface area (Å²) in [6, 6.07) is 8.23. The summed E-state index contributed by atoms with van der Waals surface area (Å²) in [6.45, 7) is 2.92. The molecule has 2 N–H and O–H groups in total. The average Bonchev–Trinajstić information content (AvgIpc) is 2.98. The van der Waals surface area contributed by atoms with Gasteiger partial charge in [0.05, 0.1) is 0 Å². The molecule has 0 aliphatic heterocycles. The van der Waals surface area contributed by atoms with Crippen LogP contribution in [0.2, 0.25) is 0 Å². The lowest BCUT2D eigenvalue weighted by Gasteiger charge is -1.94. The molecule has 2 heteroatoms. The molecule has 0 unspecified atom stereocenters. The van der Waals surface area contributed by atoms with Gasteiger partial charge in [-0.3, -0.25) is 0 Å². The Hall–Kier alpha value is -1.28. The third-order valence-electron chi connectivity index (χ3n) is 3.44. The van der Waals surface area contributed by atoms with Crippen LogP contribution in [0.4, 0.5) is 0 Å². The number of fused-ring (bicyclic) bond motifs is 1. The maximum Gasteiger partial charge on any atom is 0.134 e. The molecule has 0 radical (unpaired) electrons. The first kappa shape index (κ1) is 8.98. The van der Waals surface area contributed by atoms with Gasteiger partial charge in [0.15, 0.2) is 0 Å². The van der Waals surface area contributed by atoms with Crippen molar-refractivity contribution in [2.75, 3.05) is 6.54 Å². The minimum atomic E-state index is 0.572. The smallest absolute Gasteiger partial charge is 0.134 e. The molecule has 1 aromatic heterocycles. The van der Waals surface area contributed by atoms with Crippen LogP contribution < -0.4 is 5.73 Å². The summed E-state index contributed by atoms with van der Waals surface area (Å²) in [4.78, 5) is 0. The van der Waals surface area contributed by atoms with Crippen LogP contribution in [0.5, 0.6) is 0 Å². The van der Waals surface area contributed by atoms with Crippen molar-refractivity contribution in [3.8, 4) is 0 Å². The molecule has 1 saturated carbocycles. The Labute approximate surface area is 89.1 Å². The molecular weight excluding hydrogens is 186 g/mol. The standard InChI is InChI=1S/C13H15NO/c1-8-10-4-2-3-5-12(10)15-13(8)11-6-9(11)7-14/h2-5,9,11H,6-7,14H2,1H3/t9-,11+/m0/s1. The Kier molecular flexibility index (Phi) is 1.86. The number of hydrogen-bond donors (Lipinski definition) is 1. The molecule has 1 fully saturated rings. The summed E-state index contributed by atoms with van der Waals surface area (Å²) in [5.74, 6) is 2.37. The summed E-state index contributed by atoms with van der Waals surface area (Å²) >= 11 is 0. The molecule has 0 amide bonds. The number of rotatable bonds is 2. The minimum absolute atomic E-state index is 0.572. The monoisotopic (exact) mass is 201 g/mol. The third kappa shape index (κ3) is 1.29. The molecule has 2 nitrogen and oxygen atoms in total. The predicted molar refractivity (Wildman–Crippen MR) is 60.9 cm³/mol. The largest absolute Gasteiger partial charge is 0.460 e. The van der Waals surface area contributed by atoms with Crippen molar-refractivity contribution < 1.29 is 4.42 Å². The van der Waals surface area contributed by atoms with Crippen LogP contribution in [0.15, 0.2) is 28.7 Å². The van der Waals surface area contributed by atoms with Crippen molar-refractivity contribution in [1.29, 1.82) is 0 Å². The first-order chi connectivity index (χ1) is 7.31. The van der Waals surface area contributed by atoms with Gasteiger partial charge >= 0.3 is 0 Å². The lowest BCUT2D eigenvalue weighted by Crippen LogP contribution is -2.01. The number of benzene rings is 1. The SMILES string of the molecule is Cc1c([C@@H]2C[C@H]2CN)oc2ccccc12. The molecule has 3 rings (SSSR count). The van der Waals surface area contributed by atoms with E-state index in [2.05, 4.69) is 19.1 Å². The first-order valence-electron chi connectivity index (χ1n) is 5.49. The zero-order chi connectivity index (χ0) is 10.4. The van der Waals surface area contributed by atoms with Crippen molar-refractivity contribution in [3.05, 3.63) is 35.6 Å². The number of hydrogen-bond acceptors (Lipinski definition) is 2. The molecule has 2 aromatic rings. The summed E-state index contributed by atoms with van der Waals surface area (Å²) in [5.41, 5.74) is 7.97. The van der Waals surface area contributed by atoms with Gasteiger partial charge in [-0.25, -0.2) is 0 Å². The first-order valence-corrected chi connectivity index (χ1v) is 5.49. The van der Waals surface area contributed by atoms with E-state index in [1.54, 1.807) is 0 Å². The highest BCUT2D eigenvalue weighted by Crippen LogP contribution is 2.49. The second-order valence-electron chi connectivity index (χ2n) is 4.43. The van der Waals surface area contributed by atoms with Crippen LogP contribution in [0.1, 0.15) is 23.7 Å². The van der Waals surface area contributed by atoms with Crippen LogP contribution in [0, 0.1) is 12.8 Å². The van der Waals surface area contributed by atoms with Crippen molar-refractivity contribution in [2.45, 2.75) is 19.3 Å². The zero-order valence-corrected chi connectivity index (χ0v) is 8.86. The van der Waals surface area contributed by atoms with Gasteiger partial charge in [0.25, 0.3) is 0 Å². The lowest BCUT2D eigenvalue weighted by atomic mass is 10.1. The molecule has 1 heterocycles. The quantitative estimate of drug-likeness (QED) is 0.811. The van der Waals surface area contributed by atoms with E-state index < -0.39 is 0 Å². The number of para-hydroxylation sites is 1. The van der Waals surface area contributed by atoms with Gasteiger partial charge in [-0.05, 0) is 37.4 Å². The van der Waals surface area contributed by atoms with Crippen LogP contribution >= 0.6 is 0 Å². The van der Waals surface area contributed by atoms with Gasteiger partial charge in [0.1, 0.15) is 11.3 Å². The second-order valence-corrected chi connectivity index (χ2v) is 4.43. The summed E-state index contributed by atoms with van der Waals surface area (Å²) < 4.78 is 5.90. The van der Waals surface area contributed by atoms with Gasteiger partial charge in [-0.2, -0.15) is 0 Å². The summed E-state index contributed by atoms with van der Waals surface area (Å²) in [7, 11) is 0. The van der Waals surface area contributed by atoms with Crippen molar-refractivity contribution in [2.24, 2.45) is 11.7 Å². The predicted octanol–water partition coefficient (Wildman–Crippen LogP) is 2.80. The van der Waals surface area contributed by atoms with Crippen molar-refractivity contribution >= 4 is 11.0 Å². The van der Waals surface area contributed by atoms with Gasteiger partial charge in [0.2, 0.25) is 0 Å². The van der Waals surface area contributed by atoms with E-state index in [9.17, 15) is 0 Å². The molecule has 78 valence electrons. The fourth-order valence-electron chi connectivity index (χ4n) is 2.38. The fraction of sp³-hybridized carbons (Fsp3) is 0.385. The molecule has 2 atom stereocenters. The number of aryl methyl sites for hydroxylation is 1. The number of furan rings is 1. The maximum absolute atomic E-state index is 5.90. The molecule has 0 saturated heterocycles. The van der Waals surface area contributed by atoms with E-state index >= 15 is 0 Å². The van der Waals surface area contributed by atoms with E-state index in [1.165, 1.54) is 17.4 Å². The van der Waals surface area contributed by atoms with Gasteiger partial charge < -0.3 is 10.2 Å². The second kappa shape index (κ2) is 3.11. The number of nitrogens with two attached hydrogens (primary N) is 1. The molecule has 0 bridgehead atoms. The Morgan fingerprint density at radius 3 is 2.87 bits per heavy atom. The van der Waals surface area contributed by atoms with E-state index in [4.69, 9.17) is 10.2 Å². The molecule has 0 spiro atoms. The van der Waals surface area contributed by atoms with E-state index in [-0.39, 0.29) is 0 Å². The molecule has 1 aromatic carbocycles. The van der Waals surface area contributed by atoms with E-state index in [1.807, 2.05) is 12.1 Å². The van der Waals surface area contributed by atoms with Crippen LogP contribution in [-0.4, -0.2) is 6.54 Å². The highest BCUT2D eigenvalue weighted by Gasteiger charge is 2.40. The molecular formula is C13H15NO. The highest BCUT2D eigenvalue weighted by molar-refractivity contribution is 5.82.